The van der Waals surface area contributed by atoms with E-state index >= 15 is 0 Å². The predicted molar refractivity (Wildman–Crippen MR) is 82.0 cm³/mol. The molecular weight excluding hydrogens is 280 g/mol. The SMILES string of the molecule is O=c1c2cccc(O)c2ncn1Cc1cn2ccccc2n1. The van der Waals surface area contributed by atoms with Gasteiger partial charge < -0.3 is 9.51 Å². The number of fused-ring (bicyclic) bond motifs is 2. The first-order valence-electron chi connectivity index (χ1n) is 6.82. The largest absolute Gasteiger partial charge is 0.506 e. The molecule has 0 fully saturated rings. The number of aromatic hydroxyl groups is 1. The normalized spacial score (nSPS) is 11.3. The van der Waals surface area contributed by atoms with Crippen molar-refractivity contribution in [1.82, 2.24) is 18.9 Å². The minimum atomic E-state index is -0.196. The highest BCUT2D eigenvalue weighted by molar-refractivity contribution is 5.82. The molecular formula is C16H12N4O2. The van der Waals surface area contributed by atoms with Gasteiger partial charge in [0.25, 0.3) is 5.56 Å². The van der Waals surface area contributed by atoms with Gasteiger partial charge in [-0.25, -0.2) is 9.97 Å². The summed E-state index contributed by atoms with van der Waals surface area (Å²) in [6, 6.07) is 10.5. The molecule has 0 saturated carbocycles. The van der Waals surface area contributed by atoms with Gasteiger partial charge >= 0.3 is 0 Å². The summed E-state index contributed by atoms with van der Waals surface area (Å²) in [5.41, 5.74) is 1.73. The maximum absolute atomic E-state index is 12.5. The maximum atomic E-state index is 12.5. The monoisotopic (exact) mass is 292 g/mol. The third kappa shape index (κ3) is 1.93. The molecule has 0 radical (unpaired) electrons. The lowest BCUT2D eigenvalue weighted by Crippen LogP contribution is -2.21. The minimum absolute atomic E-state index is 0.00878. The van der Waals surface area contributed by atoms with Crippen LogP contribution in [-0.4, -0.2) is 24.0 Å². The molecule has 0 amide bonds. The maximum Gasteiger partial charge on any atom is 0.261 e. The lowest BCUT2D eigenvalue weighted by Gasteiger charge is -2.05. The van der Waals surface area contributed by atoms with Crippen molar-refractivity contribution in [3.8, 4) is 5.75 Å². The fourth-order valence-electron chi connectivity index (χ4n) is 2.52. The number of hydrogen-bond donors (Lipinski definition) is 1. The van der Waals surface area contributed by atoms with E-state index in [-0.39, 0.29) is 11.3 Å². The average Bonchev–Trinajstić information content (AvgIpc) is 2.93. The Kier molecular flexibility index (Phi) is 2.69. The van der Waals surface area contributed by atoms with E-state index in [1.54, 1.807) is 12.1 Å². The Morgan fingerprint density at radius 2 is 2.05 bits per heavy atom. The summed E-state index contributed by atoms with van der Waals surface area (Å²) in [4.78, 5) is 21.1. The van der Waals surface area contributed by atoms with E-state index in [1.165, 1.54) is 17.0 Å². The van der Waals surface area contributed by atoms with Crippen molar-refractivity contribution in [2.75, 3.05) is 0 Å². The number of benzene rings is 1. The number of rotatable bonds is 2. The molecule has 1 aromatic carbocycles. The minimum Gasteiger partial charge on any atom is -0.506 e. The number of aromatic nitrogens is 4. The molecule has 3 heterocycles. The van der Waals surface area contributed by atoms with Gasteiger partial charge in [-0.3, -0.25) is 9.36 Å². The molecule has 1 N–H and O–H groups in total. The van der Waals surface area contributed by atoms with Crippen LogP contribution in [0.1, 0.15) is 5.69 Å². The van der Waals surface area contributed by atoms with Crippen LogP contribution in [0, 0.1) is 0 Å². The van der Waals surface area contributed by atoms with Crippen molar-refractivity contribution >= 4 is 16.6 Å². The summed E-state index contributed by atoms with van der Waals surface area (Å²) in [5.74, 6) is 0.00878. The smallest absolute Gasteiger partial charge is 0.261 e. The fraction of sp³-hybridized carbons (Fsp3) is 0.0625. The van der Waals surface area contributed by atoms with E-state index in [0.717, 1.165) is 11.3 Å². The van der Waals surface area contributed by atoms with Crippen LogP contribution in [-0.2, 0) is 6.54 Å². The highest BCUT2D eigenvalue weighted by Gasteiger charge is 2.09. The van der Waals surface area contributed by atoms with Gasteiger partial charge in [0.2, 0.25) is 0 Å². The van der Waals surface area contributed by atoms with Crippen LogP contribution in [0.15, 0.2) is 59.9 Å². The molecule has 0 aliphatic rings. The summed E-state index contributed by atoms with van der Waals surface area (Å²) in [5, 5.41) is 10.1. The van der Waals surface area contributed by atoms with Crippen LogP contribution < -0.4 is 5.56 Å². The van der Waals surface area contributed by atoms with Crippen LogP contribution in [0.2, 0.25) is 0 Å². The number of phenols is 1. The average molecular weight is 292 g/mol. The van der Waals surface area contributed by atoms with Crippen molar-refractivity contribution < 1.29 is 5.11 Å². The molecule has 4 aromatic rings. The van der Waals surface area contributed by atoms with Crippen LogP contribution in [0.5, 0.6) is 5.75 Å². The number of imidazole rings is 1. The standard InChI is InChI=1S/C16H12N4O2/c21-13-5-3-4-12-15(13)17-10-20(16(12)22)9-11-8-19-7-2-1-6-14(19)18-11/h1-8,10,21H,9H2. The van der Waals surface area contributed by atoms with E-state index in [0.29, 0.717) is 17.4 Å². The zero-order valence-electron chi connectivity index (χ0n) is 11.5. The lowest BCUT2D eigenvalue weighted by molar-refractivity contribution is 0.480. The van der Waals surface area contributed by atoms with Gasteiger partial charge in [-0.05, 0) is 24.3 Å². The molecule has 4 rings (SSSR count). The zero-order chi connectivity index (χ0) is 15.1. The molecule has 0 aliphatic carbocycles. The lowest BCUT2D eigenvalue weighted by atomic mass is 10.2. The highest BCUT2D eigenvalue weighted by atomic mass is 16.3. The molecule has 6 nitrogen and oxygen atoms in total. The Morgan fingerprint density at radius 1 is 1.14 bits per heavy atom. The Balaban J connectivity index is 1.81. The Bertz CT molecular complexity index is 1020. The van der Waals surface area contributed by atoms with E-state index in [2.05, 4.69) is 9.97 Å². The van der Waals surface area contributed by atoms with Gasteiger partial charge in [0.1, 0.15) is 16.9 Å². The summed E-state index contributed by atoms with van der Waals surface area (Å²) in [7, 11) is 0. The fourth-order valence-corrected chi connectivity index (χ4v) is 2.52. The van der Waals surface area contributed by atoms with Crippen molar-refractivity contribution in [1.29, 1.82) is 0 Å². The Morgan fingerprint density at radius 3 is 2.91 bits per heavy atom. The van der Waals surface area contributed by atoms with E-state index in [1.807, 2.05) is 35.0 Å². The summed E-state index contributed by atoms with van der Waals surface area (Å²) >= 11 is 0. The third-order valence-corrected chi connectivity index (χ3v) is 3.58. The third-order valence-electron chi connectivity index (χ3n) is 3.58. The Hall–Kier alpha value is -3.15. The highest BCUT2D eigenvalue weighted by Crippen LogP contribution is 2.18. The molecule has 0 atom stereocenters. The molecule has 3 aromatic heterocycles. The quantitative estimate of drug-likeness (QED) is 0.611. The second-order valence-electron chi connectivity index (χ2n) is 5.05. The van der Waals surface area contributed by atoms with E-state index in [4.69, 9.17) is 0 Å². The van der Waals surface area contributed by atoms with Crippen molar-refractivity contribution in [3.05, 3.63) is 71.2 Å². The van der Waals surface area contributed by atoms with Gasteiger partial charge in [0.15, 0.2) is 0 Å². The van der Waals surface area contributed by atoms with Gasteiger partial charge in [-0.1, -0.05) is 12.1 Å². The first kappa shape index (κ1) is 12.6. The van der Waals surface area contributed by atoms with E-state index < -0.39 is 0 Å². The zero-order valence-corrected chi connectivity index (χ0v) is 11.5. The number of nitrogens with zero attached hydrogens (tertiary/aromatic N) is 4. The molecule has 0 saturated heterocycles. The summed E-state index contributed by atoms with van der Waals surface area (Å²) in [6.45, 7) is 0.332. The van der Waals surface area contributed by atoms with Gasteiger partial charge in [0, 0.05) is 12.4 Å². The van der Waals surface area contributed by atoms with Crippen molar-refractivity contribution in [3.63, 3.8) is 0 Å². The number of pyridine rings is 1. The Labute approximate surface area is 124 Å². The van der Waals surface area contributed by atoms with Gasteiger partial charge in [0.05, 0.1) is 24.0 Å². The number of phenolic OH excluding ortho intramolecular Hbond substituents is 1. The first-order valence-corrected chi connectivity index (χ1v) is 6.82. The summed E-state index contributed by atoms with van der Waals surface area (Å²) < 4.78 is 3.39. The molecule has 0 unspecified atom stereocenters. The number of hydrogen-bond acceptors (Lipinski definition) is 4. The molecule has 108 valence electrons. The number of para-hydroxylation sites is 1. The second-order valence-corrected chi connectivity index (χ2v) is 5.05. The van der Waals surface area contributed by atoms with Crippen LogP contribution in [0.25, 0.3) is 16.6 Å². The van der Waals surface area contributed by atoms with Crippen molar-refractivity contribution in [2.45, 2.75) is 6.54 Å². The first-order chi connectivity index (χ1) is 10.7. The summed E-state index contributed by atoms with van der Waals surface area (Å²) in [6.07, 6.45) is 5.23. The molecule has 0 bridgehead atoms. The molecule has 0 aliphatic heterocycles. The molecule has 22 heavy (non-hydrogen) atoms. The van der Waals surface area contributed by atoms with Gasteiger partial charge in [-0.2, -0.15) is 0 Å². The molecule has 0 spiro atoms. The van der Waals surface area contributed by atoms with Crippen LogP contribution >= 0.6 is 0 Å². The second kappa shape index (κ2) is 4.70. The van der Waals surface area contributed by atoms with Crippen LogP contribution in [0.3, 0.4) is 0 Å². The van der Waals surface area contributed by atoms with Crippen molar-refractivity contribution in [2.24, 2.45) is 0 Å². The van der Waals surface area contributed by atoms with Gasteiger partial charge in [-0.15, -0.1) is 0 Å². The molecule has 6 heteroatoms. The van der Waals surface area contributed by atoms with E-state index in [9.17, 15) is 9.90 Å². The predicted octanol–water partition coefficient (Wildman–Crippen LogP) is 1.80. The van der Waals surface area contributed by atoms with Crippen LogP contribution in [0.4, 0.5) is 0 Å². The topological polar surface area (TPSA) is 72.4 Å².